The van der Waals surface area contributed by atoms with Crippen LogP contribution in [0.1, 0.15) is 0 Å². The fourth-order valence-electron chi connectivity index (χ4n) is 8.06. The molecule has 0 aliphatic rings. The van der Waals surface area contributed by atoms with E-state index in [1.54, 1.807) is 0 Å². The Labute approximate surface area is 322 Å². The van der Waals surface area contributed by atoms with Gasteiger partial charge in [-0.25, -0.2) is 4.98 Å². The summed E-state index contributed by atoms with van der Waals surface area (Å²) < 4.78 is 4.49. The van der Waals surface area contributed by atoms with Crippen molar-refractivity contribution in [3.8, 4) is 56.7 Å². The monoisotopic (exact) mass is 716 g/mol. The number of para-hydroxylation sites is 3. The largest absolute Gasteiger partial charge is 0.308 e. The fourth-order valence-corrected chi connectivity index (χ4v) is 8.06. The number of hydrogen-bond acceptors (Lipinski definition) is 4. The van der Waals surface area contributed by atoms with Gasteiger partial charge in [-0.05, 0) is 58.7 Å². The Morgan fingerprint density at radius 1 is 0.357 bits per heavy atom. The van der Waals surface area contributed by atoms with Gasteiger partial charge in [-0.2, -0.15) is 9.97 Å². The lowest BCUT2D eigenvalue weighted by atomic mass is 10.0. The molecule has 7 aromatic carbocycles. The summed E-state index contributed by atoms with van der Waals surface area (Å²) in [4.78, 5) is 21.1. The maximum atomic E-state index is 5.35. The van der Waals surface area contributed by atoms with E-state index in [0.29, 0.717) is 17.6 Å². The van der Waals surface area contributed by atoms with Crippen LogP contribution in [0.3, 0.4) is 0 Å². The molecule has 0 aliphatic heterocycles. The molecule has 0 saturated heterocycles. The van der Waals surface area contributed by atoms with Crippen molar-refractivity contribution in [1.29, 1.82) is 0 Å². The number of rotatable bonds is 6. The van der Waals surface area contributed by atoms with Gasteiger partial charge in [0.1, 0.15) is 0 Å². The summed E-state index contributed by atoms with van der Waals surface area (Å²) in [6.07, 6.45) is 2.01. The number of nitrogens with zero attached hydrogens (tertiary/aromatic N) is 6. The average Bonchev–Trinajstić information content (AvgIpc) is 3.80. The van der Waals surface area contributed by atoms with Gasteiger partial charge in [-0.15, -0.1) is 0 Å². The second-order valence-corrected chi connectivity index (χ2v) is 13.9. The van der Waals surface area contributed by atoms with Crippen molar-refractivity contribution in [2.45, 2.75) is 0 Å². The van der Waals surface area contributed by atoms with Gasteiger partial charge in [-0.1, -0.05) is 152 Å². The van der Waals surface area contributed by atoms with Crippen LogP contribution in [-0.2, 0) is 0 Å². The molecule has 4 aromatic heterocycles. The van der Waals surface area contributed by atoms with Gasteiger partial charge in [0.2, 0.25) is 5.95 Å². The smallest absolute Gasteiger partial charge is 0.238 e. The normalized spacial score (nSPS) is 11.6. The van der Waals surface area contributed by atoms with E-state index < -0.39 is 0 Å². The minimum Gasteiger partial charge on any atom is -0.308 e. The summed E-state index contributed by atoms with van der Waals surface area (Å²) in [7, 11) is 0. The van der Waals surface area contributed by atoms with Crippen LogP contribution in [0.4, 0.5) is 0 Å². The van der Waals surface area contributed by atoms with Crippen molar-refractivity contribution in [2.24, 2.45) is 0 Å². The highest BCUT2D eigenvalue weighted by atomic mass is 15.2. The second kappa shape index (κ2) is 13.0. The fraction of sp³-hybridized carbons (Fsp3) is 0. The number of hydrogen-bond donors (Lipinski definition) is 0. The Morgan fingerprint density at radius 3 is 1.45 bits per heavy atom. The lowest BCUT2D eigenvalue weighted by Gasteiger charge is -2.13. The topological polar surface area (TPSA) is 61.4 Å². The molecule has 0 atom stereocenters. The number of fused-ring (bicyclic) bond motifs is 7. The van der Waals surface area contributed by atoms with Gasteiger partial charge < -0.3 is 4.57 Å². The van der Waals surface area contributed by atoms with Crippen LogP contribution in [0.5, 0.6) is 0 Å². The maximum absolute atomic E-state index is 5.35. The minimum absolute atomic E-state index is 0.525. The van der Waals surface area contributed by atoms with Crippen molar-refractivity contribution in [3.63, 3.8) is 0 Å². The molecular weight excluding hydrogens is 685 g/mol. The van der Waals surface area contributed by atoms with Crippen molar-refractivity contribution in [3.05, 3.63) is 194 Å². The highest BCUT2D eigenvalue weighted by molar-refractivity contribution is 6.24. The highest BCUT2D eigenvalue weighted by Gasteiger charge is 2.24. The Kier molecular flexibility index (Phi) is 7.38. The first kappa shape index (κ1) is 31.8. The third-order valence-electron chi connectivity index (χ3n) is 10.6. The number of aromatic nitrogens is 6. The minimum atomic E-state index is 0.525. The zero-order valence-electron chi connectivity index (χ0n) is 30.2. The molecule has 0 bridgehead atoms. The van der Waals surface area contributed by atoms with E-state index >= 15 is 0 Å². The molecule has 0 aliphatic carbocycles. The van der Waals surface area contributed by atoms with Crippen LogP contribution in [0.25, 0.3) is 100 Å². The predicted molar refractivity (Wildman–Crippen MR) is 228 cm³/mol. The Balaban J connectivity index is 1.23. The van der Waals surface area contributed by atoms with E-state index in [-0.39, 0.29) is 0 Å². The lowest BCUT2D eigenvalue weighted by Crippen LogP contribution is -2.07. The molecule has 6 nitrogen and oxygen atoms in total. The SMILES string of the molecule is c1ccc(-c2cccc(-c3nc(-c4cccc(-c5ccccc5)c4)nc(-n4c5ccccc5c5ncc6c(c7ccccc7n6-c6ccccc6)c54)n3)c2)cc1. The Hall–Kier alpha value is -7.70. The first-order chi connectivity index (χ1) is 27.8. The van der Waals surface area contributed by atoms with Gasteiger partial charge in [0, 0.05) is 33.0 Å². The van der Waals surface area contributed by atoms with E-state index in [2.05, 4.69) is 179 Å². The standard InChI is InChI=1S/C50H32N6/c1-4-16-33(17-5-1)35-20-14-22-37(30-35)48-52-49(38-23-15-21-36(31-38)34-18-6-2-7-19-34)54-50(53-48)56-43-29-13-11-27-41(43)46-47(56)45-40-26-10-12-28-42(40)55(44(45)32-51-46)39-24-8-3-9-25-39/h1-32H. The second-order valence-electron chi connectivity index (χ2n) is 13.9. The van der Waals surface area contributed by atoms with Crippen molar-refractivity contribution < 1.29 is 0 Å². The van der Waals surface area contributed by atoms with Crippen molar-refractivity contribution in [2.75, 3.05) is 0 Å². The van der Waals surface area contributed by atoms with Gasteiger partial charge in [0.05, 0.1) is 33.8 Å². The summed E-state index contributed by atoms with van der Waals surface area (Å²) in [5, 5.41) is 3.25. The van der Waals surface area contributed by atoms with Gasteiger partial charge in [-0.3, -0.25) is 9.55 Å². The summed E-state index contributed by atoms with van der Waals surface area (Å²) >= 11 is 0. The molecule has 0 fully saturated rings. The third kappa shape index (κ3) is 5.19. The van der Waals surface area contributed by atoms with Crippen LogP contribution in [0, 0.1) is 0 Å². The Bertz CT molecular complexity index is 3140. The predicted octanol–water partition coefficient (Wildman–Crippen LogP) is 12.1. The molecule has 0 amide bonds. The molecule has 6 heteroatoms. The molecule has 11 rings (SSSR count). The van der Waals surface area contributed by atoms with Crippen LogP contribution < -0.4 is 0 Å². The molecule has 262 valence electrons. The molecule has 0 spiro atoms. The van der Waals surface area contributed by atoms with Crippen LogP contribution >= 0.6 is 0 Å². The number of benzene rings is 7. The van der Waals surface area contributed by atoms with Crippen molar-refractivity contribution in [1.82, 2.24) is 29.1 Å². The highest BCUT2D eigenvalue weighted by Crippen LogP contribution is 2.41. The van der Waals surface area contributed by atoms with Gasteiger partial charge in [0.15, 0.2) is 11.6 Å². The van der Waals surface area contributed by atoms with Crippen LogP contribution in [0.2, 0.25) is 0 Å². The van der Waals surface area contributed by atoms with Gasteiger partial charge >= 0.3 is 0 Å². The summed E-state index contributed by atoms with van der Waals surface area (Å²) in [6.45, 7) is 0. The summed E-state index contributed by atoms with van der Waals surface area (Å²) in [6, 6.07) is 65.2. The molecule has 0 radical (unpaired) electrons. The average molecular weight is 717 g/mol. The number of pyridine rings is 1. The molecule has 0 unspecified atom stereocenters. The summed E-state index contributed by atoms with van der Waals surface area (Å²) in [5.74, 6) is 1.70. The van der Waals surface area contributed by atoms with Crippen molar-refractivity contribution >= 4 is 43.7 Å². The lowest BCUT2D eigenvalue weighted by molar-refractivity contribution is 0.955. The van der Waals surface area contributed by atoms with E-state index in [1.165, 1.54) is 0 Å². The van der Waals surface area contributed by atoms with Crippen LogP contribution in [0.15, 0.2) is 194 Å². The van der Waals surface area contributed by atoms with Gasteiger partial charge in [0.25, 0.3) is 0 Å². The first-order valence-corrected chi connectivity index (χ1v) is 18.7. The molecule has 4 heterocycles. The van der Waals surface area contributed by atoms with E-state index in [0.717, 1.165) is 82.8 Å². The molecule has 11 aromatic rings. The maximum Gasteiger partial charge on any atom is 0.238 e. The summed E-state index contributed by atoms with van der Waals surface area (Å²) in [5.41, 5.74) is 12.3. The molecule has 0 saturated carbocycles. The van der Waals surface area contributed by atoms with E-state index in [1.807, 2.05) is 24.4 Å². The molecular formula is C50H32N6. The zero-order chi connectivity index (χ0) is 37.0. The zero-order valence-corrected chi connectivity index (χ0v) is 30.2. The van der Waals surface area contributed by atoms with Crippen LogP contribution in [-0.4, -0.2) is 29.1 Å². The van der Waals surface area contributed by atoms with E-state index in [4.69, 9.17) is 19.9 Å². The Morgan fingerprint density at radius 2 is 0.839 bits per heavy atom. The third-order valence-corrected chi connectivity index (χ3v) is 10.6. The quantitative estimate of drug-likeness (QED) is 0.172. The van der Waals surface area contributed by atoms with E-state index in [9.17, 15) is 0 Å². The molecule has 0 N–H and O–H groups in total. The first-order valence-electron chi connectivity index (χ1n) is 18.7. The molecule has 56 heavy (non-hydrogen) atoms.